The van der Waals surface area contributed by atoms with Crippen molar-refractivity contribution in [3.05, 3.63) is 0 Å². The predicted molar refractivity (Wildman–Crippen MR) is 52.2 cm³/mol. The highest BCUT2D eigenvalue weighted by atomic mass is 16.2. The summed E-state index contributed by atoms with van der Waals surface area (Å²) in [5, 5.41) is 0. The molecule has 3 heteroatoms. The Bertz CT molecular complexity index is 164. The zero-order valence-corrected chi connectivity index (χ0v) is 8.38. The zero-order valence-electron chi connectivity index (χ0n) is 8.38. The SMILES string of the molecule is CCCCC([NH])C(=O)N1CCCC1. The standard InChI is InChI=1S/C10H19N2O/c1-2-3-6-9(11)10(13)12-7-4-5-8-12/h9,11H,2-8H2,1H3. The van der Waals surface area contributed by atoms with Crippen LogP contribution in [0.5, 0.6) is 0 Å². The first-order chi connectivity index (χ1) is 6.25. The van der Waals surface area contributed by atoms with Crippen LogP contribution in [-0.4, -0.2) is 29.9 Å². The van der Waals surface area contributed by atoms with Crippen molar-refractivity contribution in [2.24, 2.45) is 0 Å². The van der Waals surface area contributed by atoms with E-state index in [0.29, 0.717) is 0 Å². The Morgan fingerprint density at radius 3 is 2.62 bits per heavy atom. The monoisotopic (exact) mass is 183 g/mol. The first kappa shape index (κ1) is 10.5. The molecule has 75 valence electrons. The number of rotatable bonds is 4. The molecule has 1 fully saturated rings. The lowest BCUT2D eigenvalue weighted by atomic mass is 10.1. The van der Waals surface area contributed by atoms with E-state index < -0.39 is 6.04 Å². The summed E-state index contributed by atoms with van der Waals surface area (Å²) in [4.78, 5) is 13.4. The van der Waals surface area contributed by atoms with E-state index in [1.807, 2.05) is 4.90 Å². The van der Waals surface area contributed by atoms with E-state index in [0.717, 1.165) is 45.2 Å². The molecule has 0 aromatic rings. The van der Waals surface area contributed by atoms with Crippen molar-refractivity contribution in [1.29, 1.82) is 0 Å². The molecule has 1 N–H and O–H groups in total. The quantitative estimate of drug-likeness (QED) is 0.650. The van der Waals surface area contributed by atoms with Crippen LogP contribution in [0.4, 0.5) is 0 Å². The fraction of sp³-hybridized carbons (Fsp3) is 0.900. The normalized spacial score (nSPS) is 19.1. The lowest BCUT2D eigenvalue weighted by Crippen LogP contribution is -2.37. The molecule has 13 heavy (non-hydrogen) atoms. The van der Waals surface area contributed by atoms with E-state index in [4.69, 9.17) is 5.73 Å². The largest absolute Gasteiger partial charge is 0.341 e. The van der Waals surface area contributed by atoms with Crippen LogP contribution in [0.15, 0.2) is 0 Å². The number of amides is 1. The van der Waals surface area contributed by atoms with Gasteiger partial charge in [0.15, 0.2) is 0 Å². The molecule has 1 aliphatic heterocycles. The third-order valence-electron chi connectivity index (χ3n) is 2.56. The van der Waals surface area contributed by atoms with Crippen molar-refractivity contribution in [3.8, 4) is 0 Å². The highest BCUT2D eigenvalue weighted by Crippen LogP contribution is 2.11. The molecule has 1 aliphatic rings. The molecule has 1 amide bonds. The summed E-state index contributed by atoms with van der Waals surface area (Å²) >= 11 is 0. The summed E-state index contributed by atoms with van der Waals surface area (Å²) in [5.41, 5.74) is 7.65. The molecule has 1 rings (SSSR count). The number of hydrogen-bond acceptors (Lipinski definition) is 1. The minimum atomic E-state index is -0.502. The van der Waals surface area contributed by atoms with E-state index in [-0.39, 0.29) is 5.91 Å². The summed E-state index contributed by atoms with van der Waals surface area (Å²) in [6, 6.07) is -0.502. The maximum Gasteiger partial charge on any atom is 0.241 e. The molecule has 0 bridgehead atoms. The van der Waals surface area contributed by atoms with Gasteiger partial charge in [0, 0.05) is 13.1 Å². The fourth-order valence-electron chi connectivity index (χ4n) is 1.69. The molecular weight excluding hydrogens is 164 g/mol. The smallest absolute Gasteiger partial charge is 0.241 e. The molecule has 0 spiro atoms. The number of nitrogens with zero attached hydrogens (tertiary/aromatic N) is 1. The van der Waals surface area contributed by atoms with E-state index >= 15 is 0 Å². The molecule has 0 aromatic carbocycles. The van der Waals surface area contributed by atoms with E-state index in [2.05, 4.69) is 6.92 Å². The van der Waals surface area contributed by atoms with Crippen molar-refractivity contribution in [2.45, 2.75) is 45.1 Å². The number of carbonyl (C=O) groups excluding carboxylic acids is 1. The third-order valence-corrected chi connectivity index (χ3v) is 2.56. The Labute approximate surface area is 80.3 Å². The van der Waals surface area contributed by atoms with Crippen molar-refractivity contribution in [3.63, 3.8) is 0 Å². The zero-order chi connectivity index (χ0) is 9.68. The lowest BCUT2D eigenvalue weighted by Gasteiger charge is -2.19. The molecule has 1 saturated heterocycles. The summed E-state index contributed by atoms with van der Waals surface area (Å²) in [6.07, 6.45) is 5.03. The van der Waals surface area contributed by atoms with Crippen molar-refractivity contribution in [2.75, 3.05) is 13.1 Å². The van der Waals surface area contributed by atoms with E-state index in [9.17, 15) is 4.79 Å². The average Bonchev–Trinajstić information content (AvgIpc) is 2.65. The molecule has 1 radical (unpaired) electrons. The molecule has 0 saturated carbocycles. The number of hydrogen-bond donors (Lipinski definition) is 0. The van der Waals surface area contributed by atoms with Gasteiger partial charge in [-0.05, 0) is 19.3 Å². The van der Waals surface area contributed by atoms with Crippen LogP contribution in [0.1, 0.15) is 39.0 Å². The second-order valence-electron chi connectivity index (χ2n) is 3.73. The average molecular weight is 183 g/mol. The molecule has 1 unspecified atom stereocenters. The third kappa shape index (κ3) is 2.99. The van der Waals surface area contributed by atoms with Gasteiger partial charge in [-0.25, -0.2) is 5.73 Å². The molecular formula is C10H19N2O. The van der Waals surface area contributed by atoms with Crippen molar-refractivity contribution < 1.29 is 4.79 Å². The van der Waals surface area contributed by atoms with Gasteiger partial charge < -0.3 is 4.90 Å². The molecule has 1 heterocycles. The molecule has 1 atom stereocenters. The van der Waals surface area contributed by atoms with Gasteiger partial charge in [-0.3, -0.25) is 4.79 Å². The lowest BCUT2D eigenvalue weighted by molar-refractivity contribution is -0.131. The number of likely N-dealkylation sites (tertiary alicyclic amines) is 1. The van der Waals surface area contributed by atoms with Crippen LogP contribution in [0.2, 0.25) is 0 Å². The van der Waals surface area contributed by atoms with E-state index in [1.165, 1.54) is 0 Å². The number of nitrogens with one attached hydrogen (secondary N) is 1. The summed E-state index contributed by atoms with van der Waals surface area (Å²) in [5.74, 6) is 0.0472. The topological polar surface area (TPSA) is 44.1 Å². The number of unbranched alkanes of at least 4 members (excludes halogenated alkanes) is 1. The first-order valence-electron chi connectivity index (χ1n) is 5.25. The van der Waals surface area contributed by atoms with Crippen LogP contribution in [-0.2, 0) is 4.79 Å². The highest BCUT2D eigenvalue weighted by Gasteiger charge is 2.23. The van der Waals surface area contributed by atoms with Crippen LogP contribution in [0, 0.1) is 0 Å². The van der Waals surface area contributed by atoms with Crippen LogP contribution in [0.3, 0.4) is 0 Å². The van der Waals surface area contributed by atoms with Gasteiger partial charge in [0.25, 0.3) is 0 Å². The first-order valence-corrected chi connectivity index (χ1v) is 5.25. The Morgan fingerprint density at radius 2 is 2.08 bits per heavy atom. The van der Waals surface area contributed by atoms with Gasteiger partial charge in [0.05, 0.1) is 0 Å². The van der Waals surface area contributed by atoms with Gasteiger partial charge in [-0.1, -0.05) is 19.8 Å². The van der Waals surface area contributed by atoms with Crippen LogP contribution >= 0.6 is 0 Å². The predicted octanol–water partition coefficient (Wildman–Crippen LogP) is 1.45. The van der Waals surface area contributed by atoms with Gasteiger partial charge in [-0.2, -0.15) is 0 Å². The van der Waals surface area contributed by atoms with Crippen molar-refractivity contribution >= 4 is 5.91 Å². The maximum atomic E-state index is 11.6. The molecule has 0 aliphatic carbocycles. The van der Waals surface area contributed by atoms with Gasteiger partial charge in [-0.15, -0.1) is 0 Å². The van der Waals surface area contributed by atoms with E-state index in [1.54, 1.807) is 0 Å². The minimum absolute atomic E-state index is 0.0472. The Kier molecular flexibility index (Phi) is 4.22. The fourth-order valence-corrected chi connectivity index (χ4v) is 1.69. The van der Waals surface area contributed by atoms with Gasteiger partial charge in [0.1, 0.15) is 6.04 Å². The Hall–Kier alpha value is -0.570. The second kappa shape index (κ2) is 5.22. The van der Waals surface area contributed by atoms with Crippen LogP contribution < -0.4 is 5.73 Å². The minimum Gasteiger partial charge on any atom is -0.341 e. The van der Waals surface area contributed by atoms with Crippen molar-refractivity contribution in [1.82, 2.24) is 10.6 Å². The highest BCUT2D eigenvalue weighted by molar-refractivity contribution is 5.81. The Balaban J connectivity index is 2.28. The molecule has 3 nitrogen and oxygen atoms in total. The molecule has 0 aromatic heterocycles. The van der Waals surface area contributed by atoms with Gasteiger partial charge >= 0.3 is 0 Å². The van der Waals surface area contributed by atoms with Gasteiger partial charge in [0.2, 0.25) is 5.91 Å². The second-order valence-corrected chi connectivity index (χ2v) is 3.73. The summed E-state index contributed by atoms with van der Waals surface area (Å²) < 4.78 is 0. The summed E-state index contributed by atoms with van der Waals surface area (Å²) in [6.45, 7) is 3.84. The maximum absolute atomic E-state index is 11.6. The summed E-state index contributed by atoms with van der Waals surface area (Å²) in [7, 11) is 0. The van der Waals surface area contributed by atoms with Crippen LogP contribution in [0.25, 0.3) is 0 Å². The Morgan fingerprint density at radius 1 is 1.46 bits per heavy atom. The number of carbonyl (C=O) groups is 1.